The van der Waals surface area contributed by atoms with Gasteiger partial charge < -0.3 is 5.32 Å². The van der Waals surface area contributed by atoms with Crippen LogP contribution in [0.3, 0.4) is 0 Å². The number of carbonyl (C=O) groups excluding carboxylic acids is 1. The minimum atomic E-state index is -0.0248. The summed E-state index contributed by atoms with van der Waals surface area (Å²) in [6, 6.07) is 2.49. The summed E-state index contributed by atoms with van der Waals surface area (Å²) in [7, 11) is 0. The van der Waals surface area contributed by atoms with Gasteiger partial charge in [0.15, 0.2) is 0 Å². The molecule has 1 aliphatic carbocycles. The van der Waals surface area contributed by atoms with E-state index in [1.807, 2.05) is 6.92 Å². The molecule has 124 valence electrons. The first-order chi connectivity index (χ1) is 11.2. The summed E-state index contributed by atoms with van der Waals surface area (Å²) in [5, 5.41) is 10.5. The van der Waals surface area contributed by atoms with Crippen molar-refractivity contribution in [2.75, 3.05) is 0 Å². The molecule has 0 bridgehead atoms. The molecule has 1 aliphatic rings. The Bertz CT molecular complexity index is 618. The third-order valence-electron chi connectivity index (χ3n) is 4.12. The Kier molecular flexibility index (Phi) is 6.14. The smallest absolute Gasteiger partial charge is 0.233 e. The van der Waals surface area contributed by atoms with Crippen molar-refractivity contribution in [3.05, 3.63) is 27.9 Å². The highest BCUT2D eigenvalue weighted by atomic mass is 32.2. The number of aromatic nitrogens is 1. The number of nitrogens with one attached hydrogen (secondary N) is 1. The largest absolute Gasteiger partial charge is 0.352 e. The van der Waals surface area contributed by atoms with E-state index in [2.05, 4.69) is 32.5 Å². The standard InChI is InChI=1S/C17H22N2OS3/c1-12(16(20)18-14-5-3-2-4-6-14)22-10-15-11-23-17(19-15)13-7-8-21-9-13/h7-9,11-12,14H,2-6,10H2,1H3,(H,18,20). The molecular weight excluding hydrogens is 344 g/mol. The SMILES string of the molecule is CC(SCc1csc(-c2ccsc2)n1)C(=O)NC1CCCCC1. The molecule has 0 radical (unpaired) electrons. The molecule has 0 aliphatic heterocycles. The molecular formula is C17H22N2OS3. The molecule has 3 rings (SSSR count). The van der Waals surface area contributed by atoms with Crippen LogP contribution < -0.4 is 5.32 Å². The lowest BCUT2D eigenvalue weighted by atomic mass is 9.95. The number of nitrogens with zero attached hydrogens (tertiary/aromatic N) is 1. The van der Waals surface area contributed by atoms with E-state index in [9.17, 15) is 4.79 Å². The van der Waals surface area contributed by atoms with Gasteiger partial charge in [0.1, 0.15) is 5.01 Å². The maximum atomic E-state index is 12.3. The zero-order chi connectivity index (χ0) is 16.1. The van der Waals surface area contributed by atoms with E-state index in [0.717, 1.165) is 29.3 Å². The molecule has 0 aromatic carbocycles. The van der Waals surface area contributed by atoms with Gasteiger partial charge in [0.25, 0.3) is 0 Å². The summed E-state index contributed by atoms with van der Waals surface area (Å²) < 4.78 is 0. The minimum absolute atomic E-state index is 0.0248. The van der Waals surface area contributed by atoms with Crippen molar-refractivity contribution in [1.29, 1.82) is 0 Å². The van der Waals surface area contributed by atoms with Crippen molar-refractivity contribution in [1.82, 2.24) is 10.3 Å². The molecule has 1 amide bonds. The molecule has 1 fully saturated rings. The maximum Gasteiger partial charge on any atom is 0.233 e. The second-order valence-corrected chi connectivity index (χ2v) is 8.92. The van der Waals surface area contributed by atoms with E-state index < -0.39 is 0 Å². The fourth-order valence-corrected chi connectivity index (χ4v) is 5.17. The van der Waals surface area contributed by atoms with Gasteiger partial charge in [-0.3, -0.25) is 4.79 Å². The number of carbonyl (C=O) groups is 1. The molecule has 6 heteroatoms. The Labute approximate surface area is 149 Å². The Balaban J connectivity index is 1.46. The maximum absolute atomic E-state index is 12.3. The zero-order valence-corrected chi connectivity index (χ0v) is 15.7. The number of thiophene rings is 1. The molecule has 2 aromatic heterocycles. The highest BCUT2D eigenvalue weighted by Gasteiger charge is 2.20. The zero-order valence-electron chi connectivity index (χ0n) is 13.3. The Morgan fingerprint density at radius 3 is 2.96 bits per heavy atom. The first-order valence-corrected chi connectivity index (χ1v) is 11.0. The molecule has 1 N–H and O–H groups in total. The van der Waals surface area contributed by atoms with Crippen molar-refractivity contribution < 1.29 is 4.79 Å². The summed E-state index contributed by atoms with van der Waals surface area (Å²) >= 11 is 5.04. The second kappa shape index (κ2) is 8.31. The summed E-state index contributed by atoms with van der Waals surface area (Å²) in [4.78, 5) is 16.9. The average Bonchev–Trinajstić information content (AvgIpc) is 3.24. The van der Waals surface area contributed by atoms with E-state index in [1.165, 1.54) is 24.8 Å². The third kappa shape index (κ3) is 4.81. The Morgan fingerprint density at radius 2 is 2.22 bits per heavy atom. The summed E-state index contributed by atoms with van der Waals surface area (Å²) in [5.74, 6) is 0.968. The summed E-state index contributed by atoms with van der Waals surface area (Å²) in [6.07, 6.45) is 6.08. The Hall–Kier alpha value is -0.850. The van der Waals surface area contributed by atoms with Crippen molar-refractivity contribution in [3.8, 4) is 10.6 Å². The van der Waals surface area contributed by atoms with E-state index in [-0.39, 0.29) is 11.2 Å². The Morgan fingerprint density at radius 1 is 1.39 bits per heavy atom. The van der Waals surface area contributed by atoms with Gasteiger partial charge in [0.05, 0.1) is 10.9 Å². The lowest BCUT2D eigenvalue weighted by molar-refractivity contribution is -0.121. The van der Waals surface area contributed by atoms with Gasteiger partial charge in [0.2, 0.25) is 5.91 Å². The van der Waals surface area contributed by atoms with Crippen LogP contribution in [0.25, 0.3) is 10.6 Å². The van der Waals surface area contributed by atoms with Gasteiger partial charge in [-0.2, -0.15) is 11.3 Å². The van der Waals surface area contributed by atoms with E-state index in [1.54, 1.807) is 34.4 Å². The first-order valence-electron chi connectivity index (χ1n) is 8.11. The van der Waals surface area contributed by atoms with Gasteiger partial charge >= 0.3 is 0 Å². The number of rotatable bonds is 6. The van der Waals surface area contributed by atoms with E-state index in [4.69, 9.17) is 0 Å². The summed E-state index contributed by atoms with van der Waals surface area (Å²) in [5.41, 5.74) is 2.26. The lowest BCUT2D eigenvalue weighted by Gasteiger charge is -2.24. The van der Waals surface area contributed by atoms with Gasteiger partial charge in [-0.05, 0) is 31.2 Å². The van der Waals surface area contributed by atoms with Crippen molar-refractivity contribution in [2.24, 2.45) is 0 Å². The quantitative estimate of drug-likeness (QED) is 0.787. The van der Waals surface area contributed by atoms with Crippen molar-refractivity contribution in [2.45, 2.75) is 56.1 Å². The van der Waals surface area contributed by atoms with Gasteiger partial charge in [0, 0.05) is 28.1 Å². The molecule has 0 saturated heterocycles. The summed E-state index contributed by atoms with van der Waals surface area (Å²) in [6.45, 7) is 2.00. The topological polar surface area (TPSA) is 42.0 Å². The van der Waals surface area contributed by atoms with Crippen LogP contribution in [-0.2, 0) is 10.5 Å². The first kappa shape index (κ1) is 17.0. The molecule has 1 saturated carbocycles. The number of hydrogen-bond donors (Lipinski definition) is 1. The fourth-order valence-electron chi connectivity index (χ4n) is 2.74. The van der Waals surface area contributed by atoms with Crippen molar-refractivity contribution in [3.63, 3.8) is 0 Å². The van der Waals surface area contributed by atoms with Crippen LogP contribution in [0.5, 0.6) is 0 Å². The monoisotopic (exact) mass is 366 g/mol. The van der Waals surface area contributed by atoms with Crippen LogP contribution in [-0.4, -0.2) is 22.2 Å². The predicted octanol–water partition coefficient (Wildman–Crippen LogP) is 4.94. The highest BCUT2D eigenvalue weighted by molar-refractivity contribution is 7.99. The van der Waals surface area contributed by atoms with Crippen LogP contribution in [0.2, 0.25) is 0 Å². The molecule has 23 heavy (non-hydrogen) atoms. The number of hydrogen-bond acceptors (Lipinski definition) is 5. The van der Waals surface area contributed by atoms with Gasteiger partial charge in [-0.25, -0.2) is 4.98 Å². The van der Waals surface area contributed by atoms with E-state index in [0.29, 0.717) is 6.04 Å². The lowest BCUT2D eigenvalue weighted by Crippen LogP contribution is -2.40. The van der Waals surface area contributed by atoms with Crippen LogP contribution in [0.1, 0.15) is 44.7 Å². The number of amides is 1. The van der Waals surface area contributed by atoms with Crippen LogP contribution in [0, 0.1) is 0 Å². The molecule has 2 heterocycles. The van der Waals surface area contributed by atoms with Gasteiger partial charge in [-0.1, -0.05) is 19.3 Å². The average molecular weight is 367 g/mol. The second-order valence-electron chi connectivity index (χ2n) is 5.95. The molecule has 3 nitrogen and oxygen atoms in total. The number of thiazole rings is 1. The number of thioether (sulfide) groups is 1. The van der Waals surface area contributed by atoms with Crippen molar-refractivity contribution >= 4 is 40.3 Å². The normalized spacial score (nSPS) is 17.1. The van der Waals surface area contributed by atoms with Gasteiger partial charge in [-0.15, -0.1) is 23.1 Å². The van der Waals surface area contributed by atoms with Crippen LogP contribution in [0.15, 0.2) is 22.2 Å². The van der Waals surface area contributed by atoms with E-state index >= 15 is 0 Å². The fraction of sp³-hybridized carbons (Fsp3) is 0.529. The molecule has 0 spiro atoms. The minimum Gasteiger partial charge on any atom is -0.352 e. The highest BCUT2D eigenvalue weighted by Crippen LogP contribution is 2.28. The molecule has 2 aromatic rings. The van der Waals surface area contributed by atoms with Crippen LogP contribution in [0.4, 0.5) is 0 Å². The predicted molar refractivity (Wildman–Crippen MR) is 101 cm³/mol. The third-order valence-corrected chi connectivity index (χ3v) is 6.92. The molecule has 1 unspecified atom stereocenters. The van der Waals surface area contributed by atoms with Crippen LogP contribution >= 0.6 is 34.4 Å². The molecule has 1 atom stereocenters.